The Labute approximate surface area is 148 Å². The van der Waals surface area contributed by atoms with Crippen LogP contribution in [0, 0.1) is 19.3 Å². The molecule has 0 N–H and O–H groups in total. The molecule has 3 rings (SSSR count). The quantitative estimate of drug-likeness (QED) is 0.649. The van der Waals surface area contributed by atoms with Crippen molar-refractivity contribution in [3.63, 3.8) is 0 Å². The summed E-state index contributed by atoms with van der Waals surface area (Å²) in [6, 6.07) is 17.5. The maximum atomic E-state index is 5.77. The number of aromatic nitrogens is 1. The molecule has 3 heteroatoms. The van der Waals surface area contributed by atoms with E-state index in [2.05, 4.69) is 5.92 Å². The number of pyridine rings is 1. The first-order valence-corrected chi connectivity index (χ1v) is 7.94. The van der Waals surface area contributed by atoms with Crippen LogP contribution in [-0.2, 0) is 0 Å². The number of ether oxygens (including phenoxy) is 2. The van der Waals surface area contributed by atoms with E-state index in [-0.39, 0.29) is 0 Å². The Bertz CT molecular complexity index is 954. The van der Waals surface area contributed by atoms with Crippen LogP contribution in [0.2, 0.25) is 0 Å². The summed E-state index contributed by atoms with van der Waals surface area (Å²) in [6.07, 6.45) is 5.77. The fourth-order valence-corrected chi connectivity index (χ4v) is 2.88. The van der Waals surface area contributed by atoms with Crippen LogP contribution in [0.1, 0.15) is 11.1 Å². The van der Waals surface area contributed by atoms with Crippen LogP contribution in [0.5, 0.6) is 11.5 Å². The fraction of sp³-hybridized carbons (Fsp3) is 0.136. The average molecular weight is 329 g/mol. The Morgan fingerprint density at radius 1 is 0.880 bits per heavy atom. The zero-order chi connectivity index (χ0) is 17.8. The second kappa shape index (κ2) is 7.11. The van der Waals surface area contributed by atoms with E-state index in [0.29, 0.717) is 0 Å². The molecule has 0 bridgehead atoms. The van der Waals surface area contributed by atoms with Crippen molar-refractivity contribution in [1.82, 2.24) is 4.98 Å². The molecule has 0 saturated carbocycles. The second-order valence-corrected chi connectivity index (χ2v) is 5.59. The van der Waals surface area contributed by atoms with Crippen LogP contribution in [0.15, 0.2) is 54.6 Å². The van der Waals surface area contributed by atoms with Gasteiger partial charge < -0.3 is 9.47 Å². The van der Waals surface area contributed by atoms with Gasteiger partial charge >= 0.3 is 0 Å². The van der Waals surface area contributed by atoms with E-state index in [1.54, 1.807) is 14.2 Å². The van der Waals surface area contributed by atoms with Gasteiger partial charge in [-0.2, -0.15) is 0 Å². The minimum absolute atomic E-state index is 0.737. The molecule has 124 valence electrons. The molecule has 0 spiro atoms. The van der Waals surface area contributed by atoms with E-state index in [1.807, 2.05) is 61.5 Å². The zero-order valence-electron chi connectivity index (χ0n) is 14.5. The lowest BCUT2D eigenvalue weighted by Crippen LogP contribution is -1.99. The number of nitrogens with zero attached hydrogens (tertiary/aromatic N) is 1. The summed E-state index contributed by atoms with van der Waals surface area (Å²) in [5, 5.41) is 0. The summed E-state index contributed by atoms with van der Waals surface area (Å²) >= 11 is 0. The largest absolute Gasteiger partial charge is 0.496 e. The smallest absolute Gasteiger partial charge is 0.128 e. The Morgan fingerprint density at radius 3 is 2.04 bits per heavy atom. The van der Waals surface area contributed by atoms with Crippen molar-refractivity contribution in [3.8, 4) is 46.4 Å². The summed E-state index contributed by atoms with van der Waals surface area (Å²) in [5.41, 5.74) is 5.10. The van der Waals surface area contributed by atoms with E-state index < -0.39 is 0 Å². The van der Waals surface area contributed by atoms with Gasteiger partial charge in [0.15, 0.2) is 0 Å². The monoisotopic (exact) mass is 329 g/mol. The summed E-state index contributed by atoms with van der Waals surface area (Å²) in [6.45, 7) is 1.99. The van der Waals surface area contributed by atoms with Crippen LogP contribution in [0.25, 0.3) is 22.5 Å². The number of benzene rings is 2. The first kappa shape index (κ1) is 16.6. The standard InChI is InChI=1S/C22H19NO2/c1-5-16-15(2)14-19(17-10-6-8-12-20(17)24-3)23-22(16)18-11-7-9-13-21(18)25-4/h1,6-14H,2-4H3. The van der Waals surface area contributed by atoms with Crippen molar-refractivity contribution in [2.24, 2.45) is 0 Å². The molecule has 0 saturated heterocycles. The summed E-state index contributed by atoms with van der Waals surface area (Å²) in [4.78, 5) is 4.86. The lowest BCUT2D eigenvalue weighted by atomic mass is 9.98. The van der Waals surface area contributed by atoms with Crippen LogP contribution < -0.4 is 9.47 Å². The maximum Gasteiger partial charge on any atom is 0.128 e. The molecule has 25 heavy (non-hydrogen) atoms. The number of rotatable bonds is 4. The van der Waals surface area contributed by atoms with E-state index in [4.69, 9.17) is 20.9 Å². The van der Waals surface area contributed by atoms with Gasteiger partial charge in [0.05, 0.1) is 31.2 Å². The molecule has 1 aromatic heterocycles. The summed E-state index contributed by atoms with van der Waals surface area (Å²) in [5.74, 6) is 4.28. The molecular formula is C22H19NO2. The van der Waals surface area contributed by atoms with E-state index in [9.17, 15) is 0 Å². The van der Waals surface area contributed by atoms with E-state index in [1.165, 1.54) is 0 Å². The molecule has 0 radical (unpaired) electrons. The van der Waals surface area contributed by atoms with Gasteiger partial charge in [-0.05, 0) is 42.8 Å². The summed E-state index contributed by atoms with van der Waals surface area (Å²) < 4.78 is 11.0. The predicted molar refractivity (Wildman–Crippen MR) is 101 cm³/mol. The van der Waals surface area contributed by atoms with Gasteiger partial charge in [-0.25, -0.2) is 4.98 Å². The molecule has 0 fully saturated rings. The molecule has 0 atom stereocenters. The number of methoxy groups -OCH3 is 2. The highest BCUT2D eigenvalue weighted by molar-refractivity contribution is 5.78. The predicted octanol–water partition coefficient (Wildman–Crippen LogP) is 4.72. The zero-order valence-corrected chi connectivity index (χ0v) is 14.5. The Morgan fingerprint density at radius 2 is 1.44 bits per heavy atom. The first-order chi connectivity index (χ1) is 12.2. The highest BCUT2D eigenvalue weighted by Crippen LogP contribution is 2.36. The van der Waals surface area contributed by atoms with Crippen LogP contribution in [-0.4, -0.2) is 19.2 Å². The highest BCUT2D eigenvalue weighted by Gasteiger charge is 2.16. The molecule has 0 aliphatic heterocycles. The third-order valence-corrected chi connectivity index (χ3v) is 4.11. The SMILES string of the molecule is C#Cc1c(C)cc(-c2ccccc2OC)nc1-c1ccccc1OC. The van der Waals surface area contributed by atoms with Gasteiger partial charge in [-0.3, -0.25) is 0 Å². The molecule has 3 nitrogen and oxygen atoms in total. The van der Waals surface area contributed by atoms with Crippen molar-refractivity contribution in [2.75, 3.05) is 14.2 Å². The van der Waals surface area contributed by atoms with E-state index in [0.717, 1.165) is 45.1 Å². The lowest BCUT2D eigenvalue weighted by Gasteiger charge is -2.15. The summed E-state index contributed by atoms with van der Waals surface area (Å²) in [7, 11) is 3.30. The normalized spacial score (nSPS) is 10.2. The molecule has 3 aromatic rings. The minimum atomic E-state index is 0.737. The number of hydrogen-bond acceptors (Lipinski definition) is 3. The molecular weight excluding hydrogens is 310 g/mol. The Balaban J connectivity index is 2.29. The van der Waals surface area contributed by atoms with Gasteiger partial charge in [0, 0.05) is 11.1 Å². The minimum Gasteiger partial charge on any atom is -0.496 e. The maximum absolute atomic E-state index is 5.77. The Kier molecular flexibility index (Phi) is 4.72. The van der Waals surface area contributed by atoms with Crippen LogP contribution >= 0.6 is 0 Å². The van der Waals surface area contributed by atoms with Crippen LogP contribution in [0.4, 0.5) is 0 Å². The van der Waals surface area contributed by atoms with E-state index >= 15 is 0 Å². The first-order valence-electron chi connectivity index (χ1n) is 7.94. The van der Waals surface area contributed by atoms with Crippen LogP contribution in [0.3, 0.4) is 0 Å². The van der Waals surface area contributed by atoms with Gasteiger partial charge in [0.25, 0.3) is 0 Å². The molecule has 2 aromatic carbocycles. The third kappa shape index (κ3) is 3.07. The Hall–Kier alpha value is -3.25. The molecule has 0 aliphatic carbocycles. The lowest BCUT2D eigenvalue weighted by molar-refractivity contribution is 0.416. The fourth-order valence-electron chi connectivity index (χ4n) is 2.88. The molecule has 0 aliphatic rings. The van der Waals surface area contributed by atoms with Crippen molar-refractivity contribution < 1.29 is 9.47 Å². The molecule has 0 amide bonds. The average Bonchev–Trinajstić information content (AvgIpc) is 2.67. The topological polar surface area (TPSA) is 31.4 Å². The molecule has 0 unspecified atom stereocenters. The van der Waals surface area contributed by atoms with Crippen molar-refractivity contribution in [3.05, 3.63) is 65.7 Å². The number of terminal acetylenes is 1. The number of hydrogen-bond donors (Lipinski definition) is 0. The van der Waals surface area contributed by atoms with Crippen molar-refractivity contribution >= 4 is 0 Å². The van der Waals surface area contributed by atoms with Gasteiger partial charge in [-0.1, -0.05) is 30.2 Å². The number of para-hydroxylation sites is 2. The number of aryl methyl sites for hydroxylation is 1. The highest BCUT2D eigenvalue weighted by atomic mass is 16.5. The van der Waals surface area contributed by atoms with Gasteiger partial charge in [-0.15, -0.1) is 6.42 Å². The van der Waals surface area contributed by atoms with Crippen molar-refractivity contribution in [1.29, 1.82) is 0 Å². The van der Waals surface area contributed by atoms with Crippen molar-refractivity contribution in [2.45, 2.75) is 6.92 Å². The second-order valence-electron chi connectivity index (χ2n) is 5.59. The van der Waals surface area contributed by atoms with Gasteiger partial charge in [0.2, 0.25) is 0 Å². The van der Waals surface area contributed by atoms with Gasteiger partial charge in [0.1, 0.15) is 11.5 Å². The molecule has 1 heterocycles. The third-order valence-electron chi connectivity index (χ3n) is 4.11.